The van der Waals surface area contributed by atoms with Gasteiger partial charge in [-0.05, 0) is 37.1 Å². The molecule has 2 N–H and O–H groups in total. The summed E-state index contributed by atoms with van der Waals surface area (Å²) >= 11 is 6.05. The predicted molar refractivity (Wildman–Crippen MR) is 78.1 cm³/mol. The quantitative estimate of drug-likeness (QED) is 0.906. The molecule has 5 nitrogen and oxygen atoms in total. The molecule has 0 aliphatic heterocycles. The molecule has 1 saturated carbocycles. The number of nitrogens with one attached hydrogen (secondary N) is 2. The standard InChI is InChI=1S/C14H13ClN4O/c15-10-3-1-2-4-11(10)16-12-7-8-13(19-18-12)17-14(20)9-5-6-9/h1-4,7-9H,5-6H2,(H,16,18)(H,17,19,20). The van der Waals surface area contributed by atoms with Crippen LogP contribution in [0.25, 0.3) is 0 Å². The zero-order valence-corrected chi connectivity index (χ0v) is 11.4. The Balaban J connectivity index is 1.66. The van der Waals surface area contributed by atoms with E-state index in [1.165, 1.54) is 0 Å². The highest BCUT2D eigenvalue weighted by Gasteiger charge is 2.29. The SMILES string of the molecule is O=C(Nc1ccc(Nc2ccccc2Cl)nn1)C1CC1. The summed E-state index contributed by atoms with van der Waals surface area (Å²) in [5, 5.41) is 14.4. The lowest BCUT2D eigenvalue weighted by molar-refractivity contribution is -0.117. The van der Waals surface area contributed by atoms with Crippen molar-refractivity contribution in [3.63, 3.8) is 0 Å². The predicted octanol–water partition coefficient (Wildman–Crippen LogP) is 3.22. The van der Waals surface area contributed by atoms with Crippen molar-refractivity contribution in [2.75, 3.05) is 10.6 Å². The summed E-state index contributed by atoms with van der Waals surface area (Å²) in [4.78, 5) is 11.6. The van der Waals surface area contributed by atoms with Gasteiger partial charge in [-0.25, -0.2) is 0 Å². The van der Waals surface area contributed by atoms with E-state index in [1.807, 2.05) is 18.2 Å². The summed E-state index contributed by atoms with van der Waals surface area (Å²) in [6, 6.07) is 10.8. The molecule has 1 amide bonds. The third-order valence-electron chi connectivity index (χ3n) is 3.00. The lowest BCUT2D eigenvalue weighted by Gasteiger charge is -2.07. The smallest absolute Gasteiger partial charge is 0.228 e. The number of amides is 1. The van der Waals surface area contributed by atoms with Gasteiger partial charge in [-0.15, -0.1) is 10.2 Å². The molecule has 2 aromatic rings. The maximum atomic E-state index is 11.6. The number of rotatable bonds is 4. The molecule has 1 aromatic carbocycles. The fraction of sp³-hybridized carbons (Fsp3) is 0.214. The van der Waals surface area contributed by atoms with Gasteiger partial charge in [0.15, 0.2) is 11.6 Å². The molecule has 1 aliphatic carbocycles. The third kappa shape index (κ3) is 3.05. The molecule has 6 heteroatoms. The van der Waals surface area contributed by atoms with Crippen molar-refractivity contribution < 1.29 is 4.79 Å². The second kappa shape index (κ2) is 5.46. The minimum atomic E-state index is 0.0195. The van der Waals surface area contributed by atoms with Crippen molar-refractivity contribution in [2.45, 2.75) is 12.8 Å². The van der Waals surface area contributed by atoms with Crippen LogP contribution in [0.1, 0.15) is 12.8 Å². The molecule has 0 atom stereocenters. The van der Waals surface area contributed by atoms with Gasteiger partial charge in [0, 0.05) is 5.92 Å². The summed E-state index contributed by atoms with van der Waals surface area (Å²) in [6.07, 6.45) is 1.93. The Morgan fingerprint density at radius 2 is 1.80 bits per heavy atom. The Bertz CT molecular complexity index is 625. The van der Waals surface area contributed by atoms with Crippen LogP contribution in [0.2, 0.25) is 5.02 Å². The van der Waals surface area contributed by atoms with E-state index < -0.39 is 0 Å². The summed E-state index contributed by atoms with van der Waals surface area (Å²) in [5.74, 6) is 1.21. The first-order valence-electron chi connectivity index (χ1n) is 6.38. The van der Waals surface area contributed by atoms with Crippen LogP contribution >= 0.6 is 11.6 Å². The van der Waals surface area contributed by atoms with E-state index in [0.29, 0.717) is 16.7 Å². The minimum absolute atomic E-state index is 0.0195. The number of carbonyl (C=O) groups is 1. The van der Waals surface area contributed by atoms with Gasteiger partial charge in [-0.3, -0.25) is 4.79 Å². The van der Waals surface area contributed by atoms with Gasteiger partial charge in [0.1, 0.15) is 0 Å². The third-order valence-corrected chi connectivity index (χ3v) is 3.33. The maximum absolute atomic E-state index is 11.6. The van der Waals surface area contributed by atoms with E-state index >= 15 is 0 Å². The van der Waals surface area contributed by atoms with Gasteiger partial charge in [-0.1, -0.05) is 23.7 Å². The van der Waals surface area contributed by atoms with Crippen LogP contribution in [0.3, 0.4) is 0 Å². The first-order valence-corrected chi connectivity index (χ1v) is 6.76. The second-order valence-corrected chi connectivity index (χ2v) is 5.08. The highest BCUT2D eigenvalue weighted by molar-refractivity contribution is 6.33. The highest BCUT2D eigenvalue weighted by atomic mass is 35.5. The Hall–Kier alpha value is -2.14. The van der Waals surface area contributed by atoms with Crippen molar-refractivity contribution in [3.05, 3.63) is 41.4 Å². The topological polar surface area (TPSA) is 66.9 Å². The molecule has 102 valence electrons. The van der Waals surface area contributed by atoms with Crippen molar-refractivity contribution in [1.82, 2.24) is 10.2 Å². The normalized spacial score (nSPS) is 13.8. The van der Waals surface area contributed by atoms with Crippen LogP contribution in [0, 0.1) is 5.92 Å². The van der Waals surface area contributed by atoms with E-state index in [1.54, 1.807) is 18.2 Å². The van der Waals surface area contributed by atoms with Gasteiger partial charge in [-0.2, -0.15) is 0 Å². The highest BCUT2D eigenvalue weighted by Crippen LogP contribution is 2.30. The molecular formula is C14H13ClN4O. The fourth-order valence-corrected chi connectivity index (χ4v) is 1.92. The van der Waals surface area contributed by atoms with Crippen molar-refractivity contribution >= 4 is 34.8 Å². The number of para-hydroxylation sites is 1. The number of hydrogen-bond donors (Lipinski definition) is 2. The number of halogens is 1. The molecule has 1 heterocycles. The van der Waals surface area contributed by atoms with Gasteiger partial charge in [0.05, 0.1) is 10.7 Å². The first-order chi connectivity index (χ1) is 9.72. The molecule has 0 radical (unpaired) electrons. The van der Waals surface area contributed by atoms with Crippen LogP contribution in [-0.4, -0.2) is 16.1 Å². The van der Waals surface area contributed by atoms with Crippen molar-refractivity contribution in [3.8, 4) is 0 Å². The van der Waals surface area contributed by atoms with Crippen molar-refractivity contribution in [1.29, 1.82) is 0 Å². The largest absolute Gasteiger partial charge is 0.338 e. The average Bonchev–Trinajstić information content (AvgIpc) is 3.28. The zero-order valence-electron chi connectivity index (χ0n) is 10.6. The van der Waals surface area contributed by atoms with Crippen LogP contribution in [0.4, 0.5) is 17.3 Å². The van der Waals surface area contributed by atoms with Crippen molar-refractivity contribution in [2.24, 2.45) is 5.92 Å². The number of aromatic nitrogens is 2. The number of anilines is 3. The molecular weight excluding hydrogens is 276 g/mol. The lowest BCUT2D eigenvalue weighted by atomic mass is 10.3. The summed E-state index contributed by atoms with van der Waals surface area (Å²) in [6.45, 7) is 0. The number of benzene rings is 1. The van der Waals surface area contributed by atoms with Crippen LogP contribution in [0.5, 0.6) is 0 Å². The Morgan fingerprint density at radius 3 is 2.45 bits per heavy atom. The molecule has 0 unspecified atom stereocenters. The van der Waals surface area contributed by atoms with Gasteiger partial charge >= 0.3 is 0 Å². The molecule has 0 bridgehead atoms. The number of carbonyl (C=O) groups excluding carboxylic acids is 1. The molecule has 0 saturated heterocycles. The summed E-state index contributed by atoms with van der Waals surface area (Å²) in [5.41, 5.74) is 0.762. The average molecular weight is 289 g/mol. The van der Waals surface area contributed by atoms with Gasteiger partial charge < -0.3 is 10.6 Å². The van der Waals surface area contributed by atoms with Crippen LogP contribution < -0.4 is 10.6 Å². The van der Waals surface area contributed by atoms with E-state index in [4.69, 9.17) is 11.6 Å². The zero-order chi connectivity index (χ0) is 13.9. The molecule has 0 spiro atoms. The molecule has 3 rings (SSSR count). The minimum Gasteiger partial charge on any atom is -0.338 e. The van der Waals surface area contributed by atoms with Gasteiger partial charge in [0.2, 0.25) is 5.91 Å². The molecule has 1 aliphatic rings. The molecule has 1 fully saturated rings. The van der Waals surface area contributed by atoms with E-state index in [0.717, 1.165) is 18.5 Å². The lowest BCUT2D eigenvalue weighted by Crippen LogP contribution is -2.14. The Morgan fingerprint density at radius 1 is 1.10 bits per heavy atom. The van der Waals surface area contributed by atoms with E-state index in [2.05, 4.69) is 20.8 Å². The number of nitrogens with zero attached hydrogens (tertiary/aromatic N) is 2. The first kappa shape index (κ1) is 12.9. The maximum Gasteiger partial charge on any atom is 0.228 e. The Kier molecular flexibility index (Phi) is 3.52. The van der Waals surface area contributed by atoms with Gasteiger partial charge in [0.25, 0.3) is 0 Å². The molecule has 20 heavy (non-hydrogen) atoms. The summed E-state index contributed by atoms with van der Waals surface area (Å²) < 4.78 is 0. The van der Waals surface area contributed by atoms with Crippen LogP contribution in [0.15, 0.2) is 36.4 Å². The monoisotopic (exact) mass is 288 g/mol. The van der Waals surface area contributed by atoms with Crippen LogP contribution in [-0.2, 0) is 4.79 Å². The fourth-order valence-electron chi connectivity index (χ4n) is 1.74. The Labute approximate surface area is 121 Å². The second-order valence-electron chi connectivity index (χ2n) is 4.67. The molecule has 1 aromatic heterocycles. The summed E-state index contributed by atoms with van der Waals surface area (Å²) in [7, 11) is 0. The van der Waals surface area contributed by atoms with E-state index in [9.17, 15) is 4.79 Å². The van der Waals surface area contributed by atoms with E-state index in [-0.39, 0.29) is 11.8 Å². The number of hydrogen-bond acceptors (Lipinski definition) is 4.